The second-order valence-electron chi connectivity index (χ2n) is 5.62. The first-order valence-corrected chi connectivity index (χ1v) is 6.59. The second kappa shape index (κ2) is 6.30. The summed E-state index contributed by atoms with van der Waals surface area (Å²) in [5, 5.41) is 27.9. The molecule has 3 nitrogen and oxygen atoms in total. The topological polar surface area (TPSA) is 60.7 Å². The van der Waals surface area contributed by atoms with Crippen LogP contribution in [0.5, 0.6) is 5.75 Å². The Hall–Kier alpha value is -1.90. The van der Waals surface area contributed by atoms with Crippen LogP contribution in [-0.2, 0) is 11.2 Å². The maximum absolute atomic E-state index is 12.9. The van der Waals surface area contributed by atoms with Crippen LogP contribution in [0.1, 0.15) is 16.7 Å². The molecular weight excluding hydrogens is 432 g/mol. The van der Waals surface area contributed by atoms with Gasteiger partial charge < -0.3 is 15.3 Å². The summed E-state index contributed by atoms with van der Waals surface area (Å²) in [5.74, 6) is -2.89. The van der Waals surface area contributed by atoms with E-state index in [1.54, 1.807) is 0 Å². The number of benzene rings is 1. The summed E-state index contributed by atoms with van der Waals surface area (Å²) in [6.45, 7) is 0.479. The summed E-state index contributed by atoms with van der Waals surface area (Å²) in [5.41, 5.74) is -18.7. The third kappa shape index (κ3) is 3.33. The van der Waals surface area contributed by atoms with Crippen molar-refractivity contribution in [3.8, 4) is 5.75 Å². The van der Waals surface area contributed by atoms with Crippen LogP contribution < -0.4 is 0 Å². The van der Waals surface area contributed by atoms with Gasteiger partial charge in [0.1, 0.15) is 5.75 Å². The smallest absolute Gasteiger partial charge is 0.430 e. The fourth-order valence-electron chi connectivity index (χ4n) is 2.26. The van der Waals surface area contributed by atoms with Crippen LogP contribution >= 0.6 is 0 Å². The molecule has 0 amide bonds. The summed E-state index contributed by atoms with van der Waals surface area (Å²) >= 11 is 0. The van der Waals surface area contributed by atoms with Gasteiger partial charge in [-0.15, -0.1) is 0 Å². The monoisotopic (exact) mass is 440 g/mol. The van der Waals surface area contributed by atoms with Crippen molar-refractivity contribution < 1.29 is 68.0 Å². The molecule has 3 N–H and O–H groups in total. The molecule has 0 heterocycles. The number of phenolic OH excluding ortho intramolecular Hbond substituents is 1. The standard InChI is InChI=1S/C13H8F12O3/c1-4-2-5(8(27,10(14,15)16)11(17,18)19)7(26)6(3-4)9(28,12(20,21)22)13(23,24)25/h2-3,26-28H,1H3. The van der Waals surface area contributed by atoms with Crippen LogP contribution in [0.4, 0.5) is 52.7 Å². The van der Waals surface area contributed by atoms with Gasteiger partial charge in [-0.3, -0.25) is 0 Å². The fraction of sp³-hybridized carbons (Fsp3) is 0.538. The number of hydrogen-bond donors (Lipinski definition) is 3. The molecule has 162 valence electrons. The van der Waals surface area contributed by atoms with Gasteiger partial charge in [0.05, 0.1) is 0 Å². The molecule has 1 aromatic carbocycles. The Morgan fingerprint density at radius 2 is 0.786 bits per heavy atom. The van der Waals surface area contributed by atoms with Gasteiger partial charge in [0.15, 0.2) is 0 Å². The van der Waals surface area contributed by atoms with Gasteiger partial charge in [-0.2, -0.15) is 52.7 Å². The highest BCUT2D eigenvalue weighted by atomic mass is 19.4. The predicted molar refractivity (Wildman–Crippen MR) is 64.9 cm³/mol. The van der Waals surface area contributed by atoms with E-state index in [1.807, 2.05) is 0 Å². The zero-order valence-corrected chi connectivity index (χ0v) is 13.0. The van der Waals surface area contributed by atoms with Crippen molar-refractivity contribution in [3.63, 3.8) is 0 Å². The summed E-state index contributed by atoms with van der Waals surface area (Å²) < 4.78 is 155. The lowest BCUT2D eigenvalue weighted by atomic mass is 9.83. The number of aryl methyl sites for hydroxylation is 1. The first-order chi connectivity index (χ1) is 12.0. The van der Waals surface area contributed by atoms with Crippen molar-refractivity contribution in [3.05, 3.63) is 28.8 Å². The zero-order chi connectivity index (χ0) is 22.7. The lowest BCUT2D eigenvalue weighted by Crippen LogP contribution is -2.56. The Morgan fingerprint density at radius 3 is 0.964 bits per heavy atom. The van der Waals surface area contributed by atoms with Crippen molar-refractivity contribution in [1.29, 1.82) is 0 Å². The molecule has 0 aliphatic carbocycles. The first-order valence-electron chi connectivity index (χ1n) is 6.59. The number of aliphatic hydroxyl groups is 2. The third-order valence-corrected chi connectivity index (χ3v) is 3.67. The zero-order valence-electron chi connectivity index (χ0n) is 13.0. The van der Waals surface area contributed by atoms with Gasteiger partial charge in [0.25, 0.3) is 11.2 Å². The number of aromatic hydroxyl groups is 1. The molecule has 0 aromatic heterocycles. The SMILES string of the molecule is Cc1cc(C(O)(C(F)(F)F)C(F)(F)F)c(O)c(C(O)(C(F)(F)F)C(F)(F)F)c1. The molecule has 0 aliphatic rings. The largest absolute Gasteiger partial charge is 0.507 e. The third-order valence-electron chi connectivity index (χ3n) is 3.67. The van der Waals surface area contributed by atoms with Crippen molar-refractivity contribution in [1.82, 2.24) is 0 Å². The van der Waals surface area contributed by atoms with Crippen LogP contribution in [0, 0.1) is 6.92 Å². The molecule has 0 fully saturated rings. The molecule has 15 heteroatoms. The molecule has 0 atom stereocenters. The Bertz CT molecular complexity index is 654. The Balaban J connectivity index is 4.12. The van der Waals surface area contributed by atoms with Gasteiger partial charge >= 0.3 is 24.7 Å². The maximum Gasteiger partial charge on any atom is 0.430 e. The van der Waals surface area contributed by atoms with Crippen molar-refractivity contribution in [2.75, 3.05) is 0 Å². The molecule has 0 saturated carbocycles. The van der Waals surface area contributed by atoms with E-state index in [9.17, 15) is 68.0 Å². The maximum atomic E-state index is 12.9. The van der Waals surface area contributed by atoms with Crippen LogP contribution in [0.15, 0.2) is 12.1 Å². The van der Waals surface area contributed by atoms with Gasteiger partial charge in [-0.1, -0.05) is 5.56 Å². The van der Waals surface area contributed by atoms with Crippen molar-refractivity contribution in [2.45, 2.75) is 42.8 Å². The average Bonchev–Trinajstić information content (AvgIpc) is 2.42. The van der Waals surface area contributed by atoms with E-state index in [-0.39, 0.29) is 12.1 Å². The normalized spacial score (nSPS) is 15.1. The molecule has 1 rings (SSSR count). The molecule has 0 aliphatic heterocycles. The summed E-state index contributed by atoms with van der Waals surface area (Å²) in [6.07, 6.45) is -26.9. The van der Waals surface area contributed by atoms with Gasteiger partial charge in [-0.25, -0.2) is 0 Å². The minimum absolute atomic E-state index is 0.313. The summed E-state index contributed by atoms with van der Waals surface area (Å²) in [7, 11) is 0. The highest BCUT2D eigenvalue weighted by Gasteiger charge is 2.75. The predicted octanol–water partition coefficient (Wildman–Crippen LogP) is 4.33. The minimum Gasteiger partial charge on any atom is -0.507 e. The Kier molecular flexibility index (Phi) is 5.43. The summed E-state index contributed by atoms with van der Waals surface area (Å²) in [4.78, 5) is 0. The van der Waals surface area contributed by atoms with E-state index < -0.39 is 58.3 Å². The van der Waals surface area contributed by atoms with Crippen molar-refractivity contribution >= 4 is 0 Å². The number of halogens is 12. The number of alkyl halides is 12. The molecule has 0 saturated heterocycles. The van der Waals surface area contributed by atoms with E-state index in [4.69, 9.17) is 0 Å². The average molecular weight is 440 g/mol. The molecular formula is C13H8F12O3. The Morgan fingerprint density at radius 1 is 0.571 bits per heavy atom. The van der Waals surface area contributed by atoms with E-state index in [2.05, 4.69) is 0 Å². The number of phenols is 1. The van der Waals surface area contributed by atoms with E-state index >= 15 is 0 Å². The highest BCUT2D eigenvalue weighted by molar-refractivity contribution is 5.51. The first kappa shape index (κ1) is 24.1. The minimum atomic E-state index is -6.72. The van der Waals surface area contributed by atoms with Crippen molar-refractivity contribution in [2.24, 2.45) is 0 Å². The van der Waals surface area contributed by atoms with Gasteiger partial charge in [-0.05, 0) is 19.1 Å². The van der Waals surface area contributed by atoms with Gasteiger partial charge in [0, 0.05) is 11.1 Å². The number of hydrogen-bond acceptors (Lipinski definition) is 3. The lowest BCUT2D eigenvalue weighted by Gasteiger charge is -2.37. The number of rotatable bonds is 2. The second-order valence-corrected chi connectivity index (χ2v) is 5.62. The molecule has 28 heavy (non-hydrogen) atoms. The Labute approximate surface area is 146 Å². The molecule has 0 spiro atoms. The van der Waals surface area contributed by atoms with Gasteiger partial charge in [0.2, 0.25) is 0 Å². The molecule has 1 aromatic rings. The van der Waals surface area contributed by atoms with E-state index in [0.717, 1.165) is 0 Å². The van der Waals surface area contributed by atoms with Crippen LogP contribution in [-0.4, -0.2) is 40.0 Å². The quantitative estimate of drug-likeness (QED) is 0.601. The molecule has 0 unspecified atom stereocenters. The van der Waals surface area contributed by atoms with E-state index in [0.29, 0.717) is 6.92 Å². The fourth-order valence-corrected chi connectivity index (χ4v) is 2.26. The van der Waals surface area contributed by atoms with Crippen LogP contribution in [0.3, 0.4) is 0 Å². The highest BCUT2D eigenvalue weighted by Crippen LogP contribution is 2.57. The van der Waals surface area contributed by atoms with E-state index in [1.165, 1.54) is 0 Å². The van der Waals surface area contributed by atoms with Crippen LogP contribution in [0.2, 0.25) is 0 Å². The molecule has 0 radical (unpaired) electrons. The summed E-state index contributed by atoms with van der Waals surface area (Å²) in [6, 6.07) is -0.625. The van der Waals surface area contributed by atoms with Crippen LogP contribution in [0.25, 0.3) is 0 Å². The lowest BCUT2D eigenvalue weighted by molar-refractivity contribution is -0.378. The molecule has 0 bridgehead atoms.